The number of anilines is 1. The maximum atomic E-state index is 13.6. The second-order valence-corrected chi connectivity index (χ2v) is 7.90. The summed E-state index contributed by atoms with van der Waals surface area (Å²) in [4.78, 5) is 16.7. The van der Waals surface area contributed by atoms with Gasteiger partial charge in [0.25, 0.3) is 0 Å². The van der Waals surface area contributed by atoms with Crippen LogP contribution in [-0.2, 0) is 10.5 Å². The minimum Gasteiger partial charge on any atom is -0.323 e. The second kappa shape index (κ2) is 8.58. The van der Waals surface area contributed by atoms with Crippen molar-refractivity contribution >= 4 is 34.7 Å². The lowest BCUT2D eigenvalue weighted by Gasteiger charge is -2.12. The third-order valence-electron chi connectivity index (χ3n) is 3.68. The summed E-state index contributed by atoms with van der Waals surface area (Å²) in [5.41, 5.74) is 1.44. The van der Waals surface area contributed by atoms with Gasteiger partial charge in [0.05, 0.1) is 16.6 Å². The molecule has 3 nitrogen and oxygen atoms in total. The Kier molecular flexibility index (Phi) is 6.18. The van der Waals surface area contributed by atoms with Crippen LogP contribution < -0.4 is 5.32 Å². The average molecular weight is 408 g/mol. The second-order valence-electron chi connectivity index (χ2n) is 5.72. The molecule has 0 fully saturated rings. The molecule has 1 amide bonds. The Morgan fingerprint density at radius 1 is 1.15 bits per heavy atom. The third kappa shape index (κ3) is 5.11. The molecule has 140 valence electrons. The molecule has 1 unspecified atom stereocenters. The molecule has 1 heterocycles. The van der Waals surface area contributed by atoms with E-state index in [-0.39, 0.29) is 11.5 Å². The highest BCUT2D eigenvalue weighted by Gasteiger charge is 2.17. The van der Waals surface area contributed by atoms with Crippen LogP contribution in [0, 0.1) is 17.5 Å². The number of carbonyl (C=O) groups excluding carboxylic acids is 1. The number of aromatic nitrogens is 1. The first-order chi connectivity index (χ1) is 12.9. The number of thioether (sulfide) groups is 1. The zero-order chi connectivity index (χ0) is 19.4. The normalized spacial score (nSPS) is 12.0. The third-order valence-corrected chi connectivity index (χ3v) is 5.80. The Hall–Kier alpha value is -2.32. The first-order valence-electron chi connectivity index (χ1n) is 8.00. The van der Waals surface area contributed by atoms with Gasteiger partial charge >= 0.3 is 0 Å². The van der Waals surface area contributed by atoms with E-state index in [0.29, 0.717) is 5.75 Å². The minimum atomic E-state index is -0.689. The predicted octanol–water partition coefficient (Wildman–Crippen LogP) is 5.49. The molecule has 8 heteroatoms. The monoisotopic (exact) mass is 408 g/mol. The van der Waals surface area contributed by atoms with Crippen LogP contribution in [0.3, 0.4) is 0 Å². The summed E-state index contributed by atoms with van der Waals surface area (Å²) in [6.07, 6.45) is 0. The number of nitrogens with one attached hydrogen (secondary N) is 1. The molecule has 1 atom stereocenters. The molecule has 0 saturated heterocycles. The molecule has 27 heavy (non-hydrogen) atoms. The lowest BCUT2D eigenvalue weighted by atomic mass is 10.2. The molecule has 3 aromatic rings. The zero-order valence-corrected chi connectivity index (χ0v) is 15.8. The maximum Gasteiger partial charge on any atom is 0.237 e. The molecule has 1 N–H and O–H groups in total. The number of rotatable bonds is 6. The summed E-state index contributed by atoms with van der Waals surface area (Å²) in [5, 5.41) is 4.56. The first-order valence-corrected chi connectivity index (χ1v) is 9.93. The Balaban J connectivity index is 1.57. The van der Waals surface area contributed by atoms with Crippen molar-refractivity contribution < 1.29 is 18.0 Å². The number of nitrogens with zero attached hydrogens (tertiary/aromatic N) is 1. The van der Waals surface area contributed by atoms with E-state index < -0.39 is 22.8 Å². The molecule has 0 aliphatic heterocycles. The molecule has 2 aromatic carbocycles. The SMILES string of the molecule is CC(SCc1csc(-c2ccc(F)cc2)n1)C(=O)Nc1cc(F)ccc1F. The fraction of sp³-hybridized carbons (Fsp3) is 0.158. The van der Waals surface area contributed by atoms with E-state index in [9.17, 15) is 18.0 Å². The molecule has 0 aliphatic carbocycles. The maximum absolute atomic E-state index is 13.6. The van der Waals surface area contributed by atoms with Gasteiger partial charge in [-0.15, -0.1) is 23.1 Å². The Morgan fingerprint density at radius 3 is 2.59 bits per heavy atom. The van der Waals surface area contributed by atoms with E-state index in [1.54, 1.807) is 19.1 Å². The van der Waals surface area contributed by atoms with Crippen LogP contribution in [0.2, 0.25) is 0 Å². The quantitative estimate of drug-likeness (QED) is 0.587. The fourth-order valence-corrected chi connectivity index (χ4v) is 3.92. The highest BCUT2D eigenvalue weighted by Crippen LogP contribution is 2.27. The molecular weight excluding hydrogens is 393 g/mol. The predicted molar refractivity (Wildman–Crippen MR) is 103 cm³/mol. The van der Waals surface area contributed by atoms with Crippen molar-refractivity contribution in [3.8, 4) is 10.6 Å². The molecule has 3 rings (SSSR count). The van der Waals surface area contributed by atoms with Crippen LogP contribution >= 0.6 is 23.1 Å². The first kappa shape index (κ1) is 19.4. The van der Waals surface area contributed by atoms with Gasteiger partial charge in [-0.2, -0.15) is 0 Å². The Bertz CT molecular complexity index is 944. The van der Waals surface area contributed by atoms with Gasteiger partial charge in [-0.3, -0.25) is 4.79 Å². The number of halogens is 3. The van der Waals surface area contributed by atoms with Crippen molar-refractivity contribution in [1.29, 1.82) is 0 Å². The van der Waals surface area contributed by atoms with Crippen LogP contribution in [0.5, 0.6) is 0 Å². The summed E-state index contributed by atoms with van der Waals surface area (Å²) in [7, 11) is 0. The van der Waals surface area contributed by atoms with E-state index in [1.165, 1.54) is 35.2 Å². The van der Waals surface area contributed by atoms with Crippen molar-refractivity contribution in [3.63, 3.8) is 0 Å². The lowest BCUT2D eigenvalue weighted by Crippen LogP contribution is -2.23. The number of hydrogen-bond acceptors (Lipinski definition) is 4. The molecular formula is C19H15F3N2OS2. The summed E-state index contributed by atoms with van der Waals surface area (Å²) in [6.45, 7) is 1.68. The standard InChI is InChI=1S/C19H15F3N2OS2/c1-11(18(25)24-17-8-14(21)6-7-16(17)22)26-9-15-10-27-19(23-15)12-2-4-13(20)5-3-12/h2-8,10-11H,9H2,1H3,(H,24,25). The molecule has 1 aromatic heterocycles. The van der Waals surface area contributed by atoms with Crippen LogP contribution in [0.25, 0.3) is 10.6 Å². The van der Waals surface area contributed by atoms with Gasteiger partial charge < -0.3 is 5.32 Å². The number of amides is 1. The van der Waals surface area contributed by atoms with E-state index in [1.807, 2.05) is 5.38 Å². The fourth-order valence-electron chi connectivity index (χ4n) is 2.21. The average Bonchev–Trinajstić information content (AvgIpc) is 3.12. The topological polar surface area (TPSA) is 42.0 Å². The van der Waals surface area contributed by atoms with Crippen molar-refractivity contribution in [2.75, 3.05) is 5.32 Å². The van der Waals surface area contributed by atoms with Crippen LogP contribution in [-0.4, -0.2) is 16.1 Å². The molecule has 0 radical (unpaired) electrons. The highest BCUT2D eigenvalue weighted by atomic mass is 32.2. The molecule has 0 saturated carbocycles. The number of hydrogen-bond donors (Lipinski definition) is 1. The molecule has 0 spiro atoms. The highest BCUT2D eigenvalue weighted by molar-refractivity contribution is 7.99. The van der Waals surface area contributed by atoms with E-state index in [0.717, 1.165) is 34.5 Å². The summed E-state index contributed by atoms with van der Waals surface area (Å²) in [6, 6.07) is 8.98. The van der Waals surface area contributed by atoms with Gasteiger partial charge in [-0.25, -0.2) is 18.2 Å². The van der Waals surface area contributed by atoms with Gasteiger partial charge in [-0.05, 0) is 43.3 Å². The molecule has 0 bridgehead atoms. The van der Waals surface area contributed by atoms with Gasteiger partial charge in [0.15, 0.2) is 0 Å². The Labute approximate surface area is 162 Å². The minimum absolute atomic E-state index is 0.181. The molecule has 0 aliphatic rings. The van der Waals surface area contributed by atoms with Gasteiger partial charge in [0.1, 0.15) is 22.5 Å². The van der Waals surface area contributed by atoms with Crippen LogP contribution in [0.4, 0.5) is 18.9 Å². The summed E-state index contributed by atoms with van der Waals surface area (Å²) in [5.74, 6) is -1.55. The number of benzene rings is 2. The smallest absolute Gasteiger partial charge is 0.237 e. The number of thiazole rings is 1. The lowest BCUT2D eigenvalue weighted by molar-refractivity contribution is -0.115. The zero-order valence-electron chi connectivity index (χ0n) is 14.2. The largest absolute Gasteiger partial charge is 0.323 e. The number of carbonyl (C=O) groups is 1. The van der Waals surface area contributed by atoms with E-state index in [4.69, 9.17) is 0 Å². The summed E-state index contributed by atoms with van der Waals surface area (Å²) < 4.78 is 39.8. The van der Waals surface area contributed by atoms with Gasteiger partial charge in [0.2, 0.25) is 5.91 Å². The van der Waals surface area contributed by atoms with Crippen molar-refractivity contribution in [1.82, 2.24) is 4.98 Å². The van der Waals surface area contributed by atoms with Crippen molar-refractivity contribution in [2.45, 2.75) is 17.9 Å². The Morgan fingerprint density at radius 2 is 1.85 bits per heavy atom. The van der Waals surface area contributed by atoms with E-state index >= 15 is 0 Å². The van der Waals surface area contributed by atoms with Crippen molar-refractivity contribution in [3.05, 3.63) is 71.0 Å². The van der Waals surface area contributed by atoms with Gasteiger partial charge in [-0.1, -0.05) is 0 Å². The van der Waals surface area contributed by atoms with Gasteiger partial charge in [0, 0.05) is 22.8 Å². The van der Waals surface area contributed by atoms with Crippen molar-refractivity contribution in [2.24, 2.45) is 0 Å². The van der Waals surface area contributed by atoms with Crippen LogP contribution in [0.1, 0.15) is 12.6 Å². The summed E-state index contributed by atoms with van der Waals surface area (Å²) >= 11 is 2.77. The van der Waals surface area contributed by atoms with Crippen LogP contribution in [0.15, 0.2) is 47.8 Å². The van der Waals surface area contributed by atoms with E-state index in [2.05, 4.69) is 10.3 Å².